The summed E-state index contributed by atoms with van der Waals surface area (Å²) in [4.78, 5) is 0. The van der Waals surface area contributed by atoms with Crippen LogP contribution in [-0.4, -0.2) is 0 Å². The first-order chi connectivity index (χ1) is 10.1. The van der Waals surface area contributed by atoms with E-state index in [-0.39, 0.29) is 6.04 Å². The van der Waals surface area contributed by atoms with Gasteiger partial charge < -0.3 is 5.32 Å². The fourth-order valence-electron chi connectivity index (χ4n) is 2.22. The maximum Gasteiger partial charge on any atom is 0.140 e. The molecule has 0 spiro atoms. The van der Waals surface area contributed by atoms with Crippen LogP contribution in [0.5, 0.6) is 0 Å². The summed E-state index contributed by atoms with van der Waals surface area (Å²) >= 11 is 5.87. The molecule has 1 N–H and O–H groups in total. The molecule has 0 radical (unpaired) electrons. The molecule has 0 aromatic heterocycles. The van der Waals surface area contributed by atoms with Crippen molar-refractivity contribution in [3.63, 3.8) is 0 Å². The first kappa shape index (κ1) is 15.4. The van der Waals surface area contributed by atoms with Gasteiger partial charge in [0.2, 0.25) is 0 Å². The Morgan fingerprint density at radius 2 is 1.67 bits per heavy atom. The molecule has 2 aromatic rings. The van der Waals surface area contributed by atoms with Crippen LogP contribution in [0.25, 0.3) is 0 Å². The van der Waals surface area contributed by atoms with Crippen LogP contribution in [0, 0.1) is 17.2 Å². The zero-order valence-corrected chi connectivity index (χ0v) is 13.1. The molecule has 1 atom stereocenters. The van der Waals surface area contributed by atoms with Crippen LogP contribution in [0.2, 0.25) is 5.02 Å². The van der Waals surface area contributed by atoms with Crippen LogP contribution in [0.3, 0.4) is 0 Å². The van der Waals surface area contributed by atoms with Crippen molar-refractivity contribution in [3.05, 3.63) is 64.7 Å². The number of hydrogen-bond donors (Lipinski definition) is 1. The molecule has 2 nitrogen and oxygen atoms in total. The normalized spacial score (nSPS) is 12.0. The van der Waals surface area contributed by atoms with E-state index < -0.39 is 0 Å². The molecule has 0 aliphatic heterocycles. The second kappa shape index (κ2) is 7.15. The quantitative estimate of drug-likeness (QED) is 0.822. The van der Waals surface area contributed by atoms with Crippen LogP contribution in [-0.2, 0) is 6.42 Å². The third kappa shape index (κ3) is 4.51. The summed E-state index contributed by atoms with van der Waals surface area (Å²) in [5.74, 6) is 0.634. The lowest BCUT2D eigenvalue weighted by atomic mass is 9.99. The third-order valence-electron chi connectivity index (χ3n) is 3.24. The fraction of sp³-hybridized carbons (Fsp3) is 0.278. The van der Waals surface area contributed by atoms with Gasteiger partial charge in [-0.1, -0.05) is 49.7 Å². The van der Waals surface area contributed by atoms with Crippen molar-refractivity contribution in [2.45, 2.75) is 26.3 Å². The number of anilines is 1. The molecule has 0 saturated heterocycles. The third-order valence-corrected chi connectivity index (χ3v) is 3.49. The van der Waals surface area contributed by atoms with Crippen molar-refractivity contribution >= 4 is 17.3 Å². The van der Waals surface area contributed by atoms with E-state index in [1.807, 2.05) is 36.4 Å². The molecule has 0 aliphatic rings. The second-order valence-electron chi connectivity index (χ2n) is 5.55. The maximum atomic E-state index is 9.37. The molecule has 0 bridgehead atoms. The van der Waals surface area contributed by atoms with E-state index >= 15 is 0 Å². The number of nitrogens with one attached hydrogen (secondary N) is 1. The van der Waals surface area contributed by atoms with Gasteiger partial charge in [-0.15, -0.1) is 0 Å². The predicted octanol–water partition coefficient (Wildman–Crippen LogP) is 5.22. The minimum absolute atomic E-state index is 0.362. The molecule has 3 heteroatoms. The molecule has 2 aromatic carbocycles. The summed E-state index contributed by atoms with van der Waals surface area (Å²) in [6, 6.07) is 17.6. The Morgan fingerprint density at radius 1 is 1.05 bits per heavy atom. The van der Waals surface area contributed by atoms with Crippen LogP contribution in [0.15, 0.2) is 48.5 Å². The predicted molar refractivity (Wildman–Crippen MR) is 88.4 cm³/mol. The average Bonchev–Trinajstić information content (AvgIpc) is 2.47. The van der Waals surface area contributed by atoms with Crippen LogP contribution < -0.4 is 5.32 Å². The Labute approximate surface area is 131 Å². The highest BCUT2D eigenvalue weighted by molar-refractivity contribution is 6.30. The Kier molecular flexibility index (Phi) is 5.25. The van der Waals surface area contributed by atoms with Gasteiger partial charge in [-0.3, -0.25) is 0 Å². The van der Waals surface area contributed by atoms with Crippen molar-refractivity contribution in [3.8, 4) is 6.07 Å². The van der Waals surface area contributed by atoms with E-state index in [0.717, 1.165) is 17.7 Å². The highest BCUT2D eigenvalue weighted by Gasteiger charge is 2.10. The second-order valence-corrected chi connectivity index (χ2v) is 5.99. The van der Waals surface area contributed by atoms with Gasteiger partial charge in [-0.05, 0) is 47.7 Å². The van der Waals surface area contributed by atoms with E-state index in [0.29, 0.717) is 10.9 Å². The summed E-state index contributed by atoms with van der Waals surface area (Å²) in [5, 5.41) is 13.3. The van der Waals surface area contributed by atoms with Crippen molar-refractivity contribution in [1.82, 2.24) is 0 Å². The Bertz CT molecular complexity index is 609. The lowest BCUT2D eigenvalue weighted by Crippen LogP contribution is -2.08. The fourth-order valence-corrected chi connectivity index (χ4v) is 2.35. The lowest BCUT2D eigenvalue weighted by molar-refractivity contribution is 0.647. The first-order valence-corrected chi connectivity index (χ1v) is 7.47. The van der Waals surface area contributed by atoms with E-state index in [2.05, 4.69) is 37.4 Å². The van der Waals surface area contributed by atoms with E-state index in [4.69, 9.17) is 11.6 Å². The molecule has 0 aliphatic carbocycles. The molecule has 0 saturated carbocycles. The van der Waals surface area contributed by atoms with Crippen LogP contribution >= 0.6 is 11.6 Å². The van der Waals surface area contributed by atoms with Crippen molar-refractivity contribution in [2.24, 2.45) is 5.92 Å². The average molecular weight is 299 g/mol. The van der Waals surface area contributed by atoms with Crippen LogP contribution in [0.1, 0.15) is 31.0 Å². The van der Waals surface area contributed by atoms with Crippen molar-refractivity contribution < 1.29 is 0 Å². The van der Waals surface area contributed by atoms with Gasteiger partial charge in [0.1, 0.15) is 6.04 Å². The highest BCUT2D eigenvalue weighted by Crippen LogP contribution is 2.21. The highest BCUT2D eigenvalue weighted by atomic mass is 35.5. The van der Waals surface area contributed by atoms with Gasteiger partial charge in [0.05, 0.1) is 6.07 Å². The van der Waals surface area contributed by atoms with E-state index in [9.17, 15) is 5.26 Å². The monoisotopic (exact) mass is 298 g/mol. The zero-order chi connectivity index (χ0) is 15.2. The summed E-state index contributed by atoms with van der Waals surface area (Å²) in [5.41, 5.74) is 3.16. The minimum Gasteiger partial charge on any atom is -0.366 e. The van der Waals surface area contributed by atoms with Crippen LogP contribution in [0.4, 0.5) is 5.69 Å². The van der Waals surface area contributed by atoms with E-state index in [1.54, 1.807) is 0 Å². The smallest absolute Gasteiger partial charge is 0.140 e. The number of nitriles is 1. The molecule has 108 valence electrons. The van der Waals surface area contributed by atoms with Gasteiger partial charge >= 0.3 is 0 Å². The topological polar surface area (TPSA) is 35.8 Å². The maximum absolute atomic E-state index is 9.37. The number of rotatable bonds is 5. The molecule has 1 unspecified atom stereocenters. The zero-order valence-electron chi connectivity index (χ0n) is 12.3. The van der Waals surface area contributed by atoms with Gasteiger partial charge in [0.25, 0.3) is 0 Å². The van der Waals surface area contributed by atoms with Crippen molar-refractivity contribution in [1.29, 1.82) is 5.26 Å². The number of benzene rings is 2. The molecule has 2 rings (SSSR count). The van der Waals surface area contributed by atoms with Gasteiger partial charge in [0, 0.05) is 10.7 Å². The summed E-state index contributed by atoms with van der Waals surface area (Å²) in [7, 11) is 0. The molecule has 0 fully saturated rings. The summed E-state index contributed by atoms with van der Waals surface area (Å²) in [6.45, 7) is 4.40. The molecular weight excluding hydrogens is 280 g/mol. The molecular formula is C18H19ClN2. The van der Waals surface area contributed by atoms with Gasteiger partial charge in [-0.25, -0.2) is 0 Å². The number of hydrogen-bond acceptors (Lipinski definition) is 2. The summed E-state index contributed by atoms with van der Waals surface area (Å²) < 4.78 is 0. The Morgan fingerprint density at radius 3 is 2.19 bits per heavy atom. The minimum atomic E-state index is -0.362. The van der Waals surface area contributed by atoms with Gasteiger partial charge in [0.15, 0.2) is 0 Å². The Hall–Kier alpha value is -1.98. The van der Waals surface area contributed by atoms with Crippen molar-refractivity contribution in [2.75, 3.05) is 5.32 Å². The largest absolute Gasteiger partial charge is 0.366 e. The first-order valence-electron chi connectivity index (χ1n) is 7.09. The number of halogens is 1. The Balaban J connectivity index is 2.10. The van der Waals surface area contributed by atoms with Gasteiger partial charge in [-0.2, -0.15) is 5.26 Å². The SMILES string of the molecule is CC(C)Cc1ccc(C(C#N)Nc2ccc(Cl)cc2)cc1. The molecule has 0 heterocycles. The lowest BCUT2D eigenvalue weighted by Gasteiger charge is -2.14. The molecule has 0 amide bonds. The summed E-state index contributed by atoms with van der Waals surface area (Å²) in [6.07, 6.45) is 1.06. The standard InChI is InChI=1S/C18H19ClN2/c1-13(2)11-14-3-5-15(6-4-14)18(12-20)21-17-9-7-16(19)8-10-17/h3-10,13,18,21H,11H2,1-2H3. The number of nitrogens with zero attached hydrogens (tertiary/aromatic N) is 1. The van der Waals surface area contributed by atoms with E-state index in [1.165, 1.54) is 5.56 Å². The molecule has 21 heavy (non-hydrogen) atoms.